The van der Waals surface area contributed by atoms with Crippen molar-refractivity contribution in [3.05, 3.63) is 29.8 Å². The molecule has 0 aromatic heterocycles. The normalized spacial score (nSPS) is 30.5. The maximum Gasteiger partial charge on any atom is 0.261 e. The molecule has 0 bridgehead atoms. The van der Waals surface area contributed by atoms with Gasteiger partial charge in [0.15, 0.2) is 0 Å². The highest BCUT2D eigenvalue weighted by Gasteiger charge is 2.33. The minimum absolute atomic E-state index is 0.0251. The van der Waals surface area contributed by atoms with Crippen LogP contribution in [0.25, 0.3) is 0 Å². The van der Waals surface area contributed by atoms with Crippen LogP contribution in [0.2, 0.25) is 0 Å². The van der Waals surface area contributed by atoms with E-state index in [0.717, 1.165) is 56.7 Å². The van der Waals surface area contributed by atoms with Crippen molar-refractivity contribution in [3.63, 3.8) is 0 Å². The minimum atomic E-state index is -3.55. The van der Waals surface area contributed by atoms with Gasteiger partial charge in [-0.05, 0) is 76.6 Å². The molecule has 4 aliphatic rings. The van der Waals surface area contributed by atoms with Crippen LogP contribution >= 0.6 is 10.7 Å². The standard InChI is InChI=1S/C10H19N.C8H15NO2.C7H7ClO2S/c1-9-7-10(8-9)11-5-3-2-4-6-11;10-8-5-7(6-8)9-1-3-11-4-2-9;1-6-2-4-7(5-3-6)11(8,9)10/h9-10H,2-8H2,1H3;7-8,10H,1-6H2;2-5H,1H3. The zero-order chi connectivity index (χ0) is 23.8. The van der Waals surface area contributed by atoms with Gasteiger partial charge < -0.3 is 14.7 Å². The van der Waals surface area contributed by atoms with Gasteiger partial charge in [0, 0.05) is 35.9 Å². The summed E-state index contributed by atoms with van der Waals surface area (Å²) in [5, 5.41) is 9.09. The Morgan fingerprint density at radius 2 is 1.39 bits per heavy atom. The van der Waals surface area contributed by atoms with E-state index < -0.39 is 9.05 Å². The molecule has 0 spiro atoms. The number of aliphatic hydroxyl groups excluding tert-OH is 1. The SMILES string of the molecule is CC1CC(N2CCCCC2)C1.Cc1ccc(S(=O)(=O)Cl)cc1.OC1CC(N2CCOCC2)C1. The Hall–Kier alpha value is -0.700. The Balaban J connectivity index is 0.000000139. The lowest BCUT2D eigenvalue weighted by Crippen LogP contribution is -2.51. The van der Waals surface area contributed by atoms with Crippen molar-refractivity contribution in [1.82, 2.24) is 9.80 Å². The maximum absolute atomic E-state index is 10.7. The fraction of sp³-hybridized carbons (Fsp3) is 0.760. The van der Waals surface area contributed by atoms with Crippen molar-refractivity contribution in [2.45, 2.75) is 81.9 Å². The molecule has 33 heavy (non-hydrogen) atoms. The third kappa shape index (κ3) is 8.79. The predicted molar refractivity (Wildman–Crippen MR) is 133 cm³/mol. The largest absolute Gasteiger partial charge is 0.393 e. The van der Waals surface area contributed by atoms with Gasteiger partial charge in [-0.1, -0.05) is 31.0 Å². The van der Waals surface area contributed by atoms with E-state index in [2.05, 4.69) is 16.7 Å². The van der Waals surface area contributed by atoms with Gasteiger partial charge in [0.25, 0.3) is 9.05 Å². The van der Waals surface area contributed by atoms with E-state index in [-0.39, 0.29) is 11.0 Å². The molecule has 8 heteroatoms. The fourth-order valence-corrected chi connectivity index (χ4v) is 5.71. The van der Waals surface area contributed by atoms with E-state index in [1.54, 1.807) is 12.1 Å². The molecule has 2 heterocycles. The zero-order valence-corrected chi connectivity index (χ0v) is 21.7. The number of hydrogen-bond donors (Lipinski definition) is 1. The quantitative estimate of drug-likeness (QED) is 0.632. The van der Waals surface area contributed by atoms with E-state index in [9.17, 15) is 8.42 Å². The molecular weight excluding hydrogens is 460 g/mol. The van der Waals surface area contributed by atoms with Crippen molar-refractivity contribution < 1.29 is 18.3 Å². The van der Waals surface area contributed by atoms with E-state index in [0.29, 0.717) is 6.04 Å². The lowest BCUT2D eigenvalue weighted by Gasteiger charge is -2.43. The van der Waals surface area contributed by atoms with Crippen molar-refractivity contribution >= 4 is 19.7 Å². The lowest BCUT2D eigenvalue weighted by molar-refractivity contribution is -0.0451. The van der Waals surface area contributed by atoms with Gasteiger partial charge in [0.1, 0.15) is 0 Å². The maximum atomic E-state index is 10.7. The van der Waals surface area contributed by atoms with Crippen LogP contribution < -0.4 is 0 Å². The molecule has 2 aliphatic carbocycles. The number of halogens is 1. The summed E-state index contributed by atoms with van der Waals surface area (Å²) < 4.78 is 26.7. The summed E-state index contributed by atoms with van der Waals surface area (Å²) in [6.07, 6.45) is 9.23. The average molecular weight is 501 g/mol. The molecule has 0 atom stereocenters. The molecular formula is C25H41ClN2O4S. The molecule has 2 aliphatic heterocycles. The highest BCUT2D eigenvalue weighted by atomic mass is 35.7. The summed E-state index contributed by atoms with van der Waals surface area (Å²) in [5.74, 6) is 1.02. The summed E-state index contributed by atoms with van der Waals surface area (Å²) in [4.78, 5) is 5.28. The Labute approximate surface area is 204 Å². The van der Waals surface area contributed by atoms with Gasteiger partial charge in [0.2, 0.25) is 0 Å². The number of ether oxygens (including phenoxy) is 1. The van der Waals surface area contributed by atoms with Crippen molar-refractivity contribution in [2.75, 3.05) is 39.4 Å². The number of aryl methyl sites for hydroxylation is 1. The summed E-state index contributed by atoms with van der Waals surface area (Å²) in [5.41, 5.74) is 1.01. The molecule has 2 saturated carbocycles. The highest BCUT2D eigenvalue weighted by Crippen LogP contribution is 2.32. The van der Waals surface area contributed by atoms with Gasteiger partial charge >= 0.3 is 0 Å². The topological polar surface area (TPSA) is 70.1 Å². The van der Waals surface area contributed by atoms with Crippen LogP contribution in [0.4, 0.5) is 0 Å². The second kappa shape index (κ2) is 12.8. The first kappa shape index (κ1) is 26.9. The van der Waals surface area contributed by atoms with Gasteiger partial charge in [-0.15, -0.1) is 0 Å². The van der Waals surface area contributed by atoms with Crippen molar-refractivity contribution in [2.24, 2.45) is 5.92 Å². The Kier molecular flexibility index (Phi) is 10.5. The molecule has 1 aromatic rings. The van der Waals surface area contributed by atoms with E-state index in [1.165, 1.54) is 57.3 Å². The number of likely N-dealkylation sites (tertiary alicyclic amines) is 1. The van der Waals surface area contributed by atoms with Crippen molar-refractivity contribution in [3.8, 4) is 0 Å². The van der Waals surface area contributed by atoms with Gasteiger partial charge in [-0.2, -0.15) is 0 Å². The summed E-state index contributed by atoms with van der Waals surface area (Å²) in [6, 6.07) is 8.00. The number of morpholine rings is 1. The van der Waals surface area contributed by atoms with Gasteiger partial charge in [-0.25, -0.2) is 8.42 Å². The summed E-state index contributed by atoms with van der Waals surface area (Å²) in [7, 11) is 1.54. The fourth-order valence-electron chi connectivity index (χ4n) is 4.94. The van der Waals surface area contributed by atoms with E-state index >= 15 is 0 Å². The molecule has 2 saturated heterocycles. The van der Waals surface area contributed by atoms with Crippen LogP contribution in [-0.4, -0.2) is 80.9 Å². The molecule has 188 valence electrons. The van der Waals surface area contributed by atoms with Crippen LogP contribution in [0.3, 0.4) is 0 Å². The number of rotatable bonds is 3. The first-order chi connectivity index (χ1) is 15.7. The average Bonchev–Trinajstić information content (AvgIpc) is 2.77. The molecule has 1 N–H and O–H groups in total. The number of hydrogen-bond acceptors (Lipinski definition) is 6. The number of piperidine rings is 1. The minimum Gasteiger partial charge on any atom is -0.393 e. The molecule has 5 rings (SSSR count). The molecule has 1 aromatic carbocycles. The third-order valence-electron chi connectivity index (χ3n) is 7.21. The van der Waals surface area contributed by atoms with Crippen LogP contribution in [-0.2, 0) is 13.8 Å². The van der Waals surface area contributed by atoms with Crippen LogP contribution in [0, 0.1) is 12.8 Å². The van der Waals surface area contributed by atoms with Gasteiger partial charge in [-0.3, -0.25) is 4.90 Å². The summed E-state index contributed by atoms with van der Waals surface area (Å²) in [6.45, 7) is 10.9. The number of aliphatic hydroxyl groups is 1. The Morgan fingerprint density at radius 3 is 1.88 bits per heavy atom. The second-order valence-electron chi connectivity index (χ2n) is 10.0. The van der Waals surface area contributed by atoms with Crippen LogP contribution in [0.15, 0.2) is 29.2 Å². The third-order valence-corrected chi connectivity index (χ3v) is 8.58. The van der Waals surface area contributed by atoms with E-state index in [1.807, 2.05) is 6.92 Å². The highest BCUT2D eigenvalue weighted by molar-refractivity contribution is 8.13. The number of benzene rings is 1. The van der Waals surface area contributed by atoms with Gasteiger partial charge in [0.05, 0.1) is 24.2 Å². The first-order valence-electron chi connectivity index (χ1n) is 12.5. The second-order valence-corrected chi connectivity index (χ2v) is 12.6. The smallest absolute Gasteiger partial charge is 0.261 e. The van der Waals surface area contributed by atoms with Crippen LogP contribution in [0.5, 0.6) is 0 Å². The molecule has 6 nitrogen and oxygen atoms in total. The molecule has 0 amide bonds. The van der Waals surface area contributed by atoms with E-state index in [4.69, 9.17) is 20.5 Å². The number of nitrogens with zero attached hydrogens (tertiary/aromatic N) is 2. The lowest BCUT2D eigenvalue weighted by atomic mass is 9.80. The first-order valence-corrected chi connectivity index (χ1v) is 14.8. The monoisotopic (exact) mass is 500 g/mol. The molecule has 4 fully saturated rings. The van der Waals surface area contributed by atoms with Crippen molar-refractivity contribution in [1.29, 1.82) is 0 Å². The zero-order valence-electron chi connectivity index (χ0n) is 20.2. The predicted octanol–water partition coefficient (Wildman–Crippen LogP) is 4.04. The molecule has 0 unspecified atom stereocenters. The van der Waals surface area contributed by atoms with Crippen LogP contribution in [0.1, 0.15) is 57.4 Å². The Morgan fingerprint density at radius 1 is 0.879 bits per heavy atom. The molecule has 0 radical (unpaired) electrons. The summed E-state index contributed by atoms with van der Waals surface area (Å²) >= 11 is 0. The Bertz CT molecular complexity index is 764.